The minimum Gasteiger partial charge on any atom is -0.486 e. The predicted octanol–water partition coefficient (Wildman–Crippen LogP) is 3.21. The number of carbonyl (C=O) groups is 3. The van der Waals surface area contributed by atoms with Crippen LogP contribution in [-0.4, -0.2) is 53.0 Å². The van der Waals surface area contributed by atoms with E-state index in [4.69, 9.17) is 9.47 Å². The first-order valence-corrected chi connectivity index (χ1v) is 11.2. The molecule has 0 radical (unpaired) electrons. The number of ketones is 1. The Hall–Kier alpha value is -4.07. The van der Waals surface area contributed by atoms with Gasteiger partial charge in [-0.25, -0.2) is 4.79 Å². The number of benzene rings is 2. The lowest BCUT2D eigenvalue weighted by molar-refractivity contribution is -0.127. The van der Waals surface area contributed by atoms with E-state index in [0.29, 0.717) is 36.7 Å². The normalized spacial score (nSPS) is 17.1. The predicted molar refractivity (Wildman–Crippen MR) is 125 cm³/mol. The van der Waals surface area contributed by atoms with Gasteiger partial charge in [0, 0.05) is 35.1 Å². The van der Waals surface area contributed by atoms with Crippen LogP contribution in [0.3, 0.4) is 0 Å². The smallest absolute Gasteiger partial charge is 0.325 e. The van der Waals surface area contributed by atoms with Gasteiger partial charge in [0.05, 0.1) is 6.54 Å². The third-order valence-electron chi connectivity index (χ3n) is 6.21. The highest BCUT2D eigenvalue weighted by Crippen LogP contribution is 2.33. The van der Waals surface area contributed by atoms with E-state index in [-0.39, 0.29) is 18.2 Å². The Balaban J connectivity index is 1.34. The lowest BCUT2D eigenvalue weighted by Gasteiger charge is -2.20. The quantitative estimate of drug-likeness (QED) is 0.452. The SMILES string of the molecule is Cc1cc(C(=O)CN2C(=O)N[C@H](Cc3ccccc3)C2=O)c(C)n1-c1ccc2c(c1)OCCO2. The molecule has 1 saturated heterocycles. The van der Waals surface area contributed by atoms with Crippen LogP contribution in [0.4, 0.5) is 4.79 Å². The number of fused-ring (bicyclic) bond motifs is 1. The summed E-state index contributed by atoms with van der Waals surface area (Å²) in [5.41, 5.74) is 3.84. The molecule has 2 aliphatic rings. The molecule has 34 heavy (non-hydrogen) atoms. The second-order valence-corrected chi connectivity index (χ2v) is 8.49. The number of hydrogen-bond donors (Lipinski definition) is 1. The van der Waals surface area contributed by atoms with Crippen LogP contribution in [0.5, 0.6) is 11.5 Å². The maximum Gasteiger partial charge on any atom is 0.325 e. The Morgan fingerprint density at radius 2 is 1.74 bits per heavy atom. The lowest BCUT2D eigenvalue weighted by Crippen LogP contribution is -2.36. The van der Waals surface area contributed by atoms with E-state index in [2.05, 4.69) is 5.32 Å². The topological polar surface area (TPSA) is 89.9 Å². The first kappa shape index (κ1) is 21.8. The standard InChI is InChI=1S/C26H25N3O5/c1-16-12-20(17(2)29(16)19-8-9-23-24(14-19)34-11-10-33-23)22(30)15-28-25(31)21(27-26(28)32)13-18-6-4-3-5-7-18/h3-9,12,14,21H,10-11,13,15H2,1-2H3,(H,27,32)/t21-/m1/s1. The minimum absolute atomic E-state index is 0.291. The van der Waals surface area contributed by atoms with Crippen LogP contribution in [0, 0.1) is 13.8 Å². The van der Waals surface area contributed by atoms with Crippen LogP contribution in [0.2, 0.25) is 0 Å². The van der Waals surface area contributed by atoms with Crippen LogP contribution < -0.4 is 14.8 Å². The molecule has 2 aromatic carbocycles. The van der Waals surface area contributed by atoms with Crippen molar-refractivity contribution in [2.45, 2.75) is 26.3 Å². The highest BCUT2D eigenvalue weighted by Gasteiger charge is 2.39. The summed E-state index contributed by atoms with van der Waals surface area (Å²) in [7, 11) is 0. The summed E-state index contributed by atoms with van der Waals surface area (Å²) in [4.78, 5) is 39.5. The molecule has 3 aromatic rings. The Labute approximate surface area is 197 Å². The van der Waals surface area contributed by atoms with Crippen molar-refractivity contribution in [3.05, 3.63) is 77.1 Å². The number of aromatic nitrogens is 1. The van der Waals surface area contributed by atoms with Crippen LogP contribution in [0.25, 0.3) is 5.69 Å². The fourth-order valence-corrected chi connectivity index (χ4v) is 4.56. The van der Waals surface area contributed by atoms with Gasteiger partial charge in [0.2, 0.25) is 0 Å². The van der Waals surface area contributed by atoms with Crippen LogP contribution >= 0.6 is 0 Å². The van der Waals surface area contributed by atoms with Gasteiger partial charge in [0.25, 0.3) is 5.91 Å². The van der Waals surface area contributed by atoms with Crippen LogP contribution in [0.1, 0.15) is 27.3 Å². The molecule has 0 aliphatic carbocycles. The lowest BCUT2D eigenvalue weighted by atomic mass is 10.1. The van der Waals surface area contributed by atoms with Crippen molar-refractivity contribution in [3.8, 4) is 17.2 Å². The molecule has 174 valence electrons. The van der Waals surface area contributed by atoms with E-state index < -0.39 is 12.1 Å². The van der Waals surface area contributed by atoms with Gasteiger partial charge in [-0.15, -0.1) is 0 Å². The number of nitrogens with one attached hydrogen (secondary N) is 1. The van der Waals surface area contributed by atoms with Gasteiger partial charge in [0.1, 0.15) is 19.3 Å². The summed E-state index contributed by atoms with van der Waals surface area (Å²) in [6.07, 6.45) is 0.384. The molecule has 1 N–H and O–H groups in total. The maximum absolute atomic E-state index is 13.2. The summed E-state index contributed by atoms with van der Waals surface area (Å²) < 4.78 is 13.2. The third-order valence-corrected chi connectivity index (χ3v) is 6.21. The first-order chi connectivity index (χ1) is 16.4. The number of nitrogens with zero attached hydrogens (tertiary/aromatic N) is 2. The fourth-order valence-electron chi connectivity index (χ4n) is 4.56. The van der Waals surface area contributed by atoms with Crippen molar-refractivity contribution < 1.29 is 23.9 Å². The van der Waals surface area contributed by atoms with Crippen molar-refractivity contribution >= 4 is 17.7 Å². The maximum atomic E-state index is 13.2. The fraction of sp³-hybridized carbons (Fsp3) is 0.269. The molecule has 8 nitrogen and oxygen atoms in total. The summed E-state index contributed by atoms with van der Waals surface area (Å²) in [5.74, 6) is 0.675. The van der Waals surface area contributed by atoms with Gasteiger partial charge in [-0.1, -0.05) is 30.3 Å². The molecule has 5 rings (SSSR count). The second kappa shape index (κ2) is 8.70. The Bertz CT molecular complexity index is 1280. The molecule has 0 spiro atoms. The van der Waals surface area contributed by atoms with E-state index in [1.54, 1.807) is 6.07 Å². The number of amides is 3. The van der Waals surface area contributed by atoms with E-state index >= 15 is 0 Å². The number of rotatable bonds is 6. The number of hydrogen-bond acceptors (Lipinski definition) is 5. The number of imide groups is 1. The molecular formula is C26H25N3O5. The molecule has 8 heteroatoms. The number of Topliss-reactive ketones (excluding diaryl/α,β-unsaturated/α-hetero) is 1. The molecule has 3 heterocycles. The van der Waals surface area contributed by atoms with Gasteiger partial charge in [-0.2, -0.15) is 0 Å². The zero-order valence-corrected chi connectivity index (χ0v) is 19.0. The van der Waals surface area contributed by atoms with Crippen LogP contribution in [0.15, 0.2) is 54.6 Å². The molecule has 0 bridgehead atoms. The van der Waals surface area contributed by atoms with Gasteiger partial charge < -0.3 is 19.4 Å². The van der Waals surface area contributed by atoms with E-state index in [9.17, 15) is 14.4 Å². The summed E-state index contributed by atoms with van der Waals surface area (Å²) in [6, 6.07) is 15.7. The van der Waals surface area contributed by atoms with Crippen molar-refractivity contribution in [3.63, 3.8) is 0 Å². The van der Waals surface area contributed by atoms with Gasteiger partial charge in [0.15, 0.2) is 17.3 Å². The van der Waals surface area contributed by atoms with Gasteiger partial charge in [-0.05, 0) is 37.6 Å². The second-order valence-electron chi connectivity index (χ2n) is 8.49. The molecule has 3 amide bonds. The molecule has 1 aromatic heterocycles. The molecule has 2 aliphatic heterocycles. The zero-order chi connectivity index (χ0) is 23.8. The van der Waals surface area contributed by atoms with Crippen molar-refractivity contribution in [2.24, 2.45) is 0 Å². The molecular weight excluding hydrogens is 434 g/mol. The van der Waals surface area contributed by atoms with E-state index in [0.717, 1.165) is 27.5 Å². The highest BCUT2D eigenvalue weighted by molar-refractivity contribution is 6.09. The molecule has 1 fully saturated rings. The summed E-state index contributed by atoms with van der Waals surface area (Å²) in [5, 5.41) is 2.70. The Morgan fingerprint density at radius 3 is 2.50 bits per heavy atom. The van der Waals surface area contributed by atoms with Crippen molar-refractivity contribution in [1.29, 1.82) is 0 Å². The minimum atomic E-state index is -0.673. The van der Waals surface area contributed by atoms with Crippen molar-refractivity contribution in [1.82, 2.24) is 14.8 Å². The average molecular weight is 460 g/mol. The first-order valence-electron chi connectivity index (χ1n) is 11.2. The highest BCUT2D eigenvalue weighted by atomic mass is 16.6. The third kappa shape index (κ3) is 3.91. The van der Waals surface area contributed by atoms with Crippen LogP contribution in [-0.2, 0) is 11.2 Å². The molecule has 0 unspecified atom stereocenters. The molecule has 1 atom stereocenters. The van der Waals surface area contributed by atoms with Crippen molar-refractivity contribution in [2.75, 3.05) is 19.8 Å². The molecule has 0 saturated carbocycles. The number of carbonyl (C=O) groups excluding carboxylic acids is 3. The number of ether oxygens (including phenoxy) is 2. The summed E-state index contributed by atoms with van der Waals surface area (Å²) in [6.45, 7) is 4.45. The summed E-state index contributed by atoms with van der Waals surface area (Å²) >= 11 is 0. The monoisotopic (exact) mass is 459 g/mol. The Kier molecular flexibility index (Phi) is 5.57. The number of urea groups is 1. The largest absolute Gasteiger partial charge is 0.486 e. The average Bonchev–Trinajstić information content (AvgIpc) is 3.28. The van der Waals surface area contributed by atoms with Gasteiger partial charge >= 0.3 is 6.03 Å². The van der Waals surface area contributed by atoms with Gasteiger partial charge in [-0.3, -0.25) is 14.5 Å². The zero-order valence-electron chi connectivity index (χ0n) is 19.0. The van der Waals surface area contributed by atoms with E-state index in [1.165, 1.54) is 0 Å². The van der Waals surface area contributed by atoms with E-state index in [1.807, 2.05) is 66.9 Å². The Morgan fingerprint density at radius 1 is 1.00 bits per heavy atom. The number of aryl methyl sites for hydroxylation is 1.